The average Bonchev–Trinajstić information content (AvgIpc) is 2.39. The minimum absolute atomic E-state index is 0.163. The van der Waals surface area contributed by atoms with Gasteiger partial charge in [0.15, 0.2) is 0 Å². The van der Waals surface area contributed by atoms with Crippen LogP contribution in [-0.4, -0.2) is 6.54 Å². The van der Waals surface area contributed by atoms with Crippen LogP contribution < -0.4 is 5.32 Å². The molecular weight excluding hydrogens is 249 g/mol. The van der Waals surface area contributed by atoms with Gasteiger partial charge < -0.3 is 5.32 Å². The summed E-state index contributed by atoms with van der Waals surface area (Å²) in [5.74, 6) is -0.163. The van der Waals surface area contributed by atoms with Gasteiger partial charge in [-0.3, -0.25) is 0 Å². The fourth-order valence-electron chi connectivity index (χ4n) is 2.56. The summed E-state index contributed by atoms with van der Waals surface area (Å²) in [7, 11) is 0. The Hall–Kier alpha value is -1.67. The second-order valence-corrected chi connectivity index (χ2v) is 5.29. The Labute approximate surface area is 120 Å². The summed E-state index contributed by atoms with van der Waals surface area (Å²) in [5, 5.41) is 3.39. The molecule has 0 heterocycles. The van der Waals surface area contributed by atoms with Crippen molar-refractivity contribution in [1.29, 1.82) is 0 Å². The van der Waals surface area contributed by atoms with E-state index < -0.39 is 0 Å². The molecule has 0 aliphatic carbocycles. The first-order chi connectivity index (χ1) is 9.61. The maximum Gasteiger partial charge on any atom is 0.123 e. The Morgan fingerprint density at radius 2 is 1.60 bits per heavy atom. The molecule has 0 saturated carbocycles. The van der Waals surface area contributed by atoms with Crippen molar-refractivity contribution < 1.29 is 4.39 Å². The van der Waals surface area contributed by atoms with Gasteiger partial charge in [0, 0.05) is 6.54 Å². The highest BCUT2D eigenvalue weighted by atomic mass is 19.1. The van der Waals surface area contributed by atoms with Gasteiger partial charge in [-0.15, -0.1) is 0 Å². The van der Waals surface area contributed by atoms with Crippen LogP contribution in [0.2, 0.25) is 0 Å². The van der Waals surface area contributed by atoms with Crippen LogP contribution in [-0.2, 0) is 6.54 Å². The molecule has 106 valence electrons. The standard InChI is InChI=1S/C18H22FN/c1-4-9-20-12-15-5-7-16(8-6-15)18-13(2)10-17(19)11-14(18)3/h5-8,10-11,20H,4,9,12H2,1-3H3. The quantitative estimate of drug-likeness (QED) is 0.783. The van der Waals surface area contributed by atoms with Gasteiger partial charge in [-0.2, -0.15) is 0 Å². The third kappa shape index (κ3) is 3.45. The molecule has 0 aliphatic rings. The summed E-state index contributed by atoms with van der Waals surface area (Å²) in [6.07, 6.45) is 1.14. The Morgan fingerprint density at radius 3 is 2.15 bits per heavy atom. The van der Waals surface area contributed by atoms with E-state index in [2.05, 4.69) is 36.5 Å². The minimum atomic E-state index is -0.163. The normalized spacial score (nSPS) is 10.8. The third-order valence-corrected chi connectivity index (χ3v) is 3.50. The fraction of sp³-hybridized carbons (Fsp3) is 0.333. The van der Waals surface area contributed by atoms with E-state index in [4.69, 9.17) is 0 Å². The zero-order valence-corrected chi connectivity index (χ0v) is 12.5. The average molecular weight is 271 g/mol. The number of halogens is 1. The van der Waals surface area contributed by atoms with Crippen LogP contribution in [0.15, 0.2) is 36.4 Å². The van der Waals surface area contributed by atoms with Crippen LogP contribution in [0.25, 0.3) is 11.1 Å². The van der Waals surface area contributed by atoms with Crippen molar-refractivity contribution >= 4 is 0 Å². The van der Waals surface area contributed by atoms with E-state index in [1.165, 1.54) is 5.56 Å². The van der Waals surface area contributed by atoms with Crippen LogP contribution >= 0.6 is 0 Å². The van der Waals surface area contributed by atoms with Crippen LogP contribution in [0, 0.1) is 19.7 Å². The number of benzene rings is 2. The summed E-state index contributed by atoms with van der Waals surface area (Å²) in [6, 6.07) is 11.7. The largest absolute Gasteiger partial charge is 0.313 e. The molecule has 0 saturated heterocycles. The summed E-state index contributed by atoms with van der Waals surface area (Å²) in [5.41, 5.74) is 5.54. The zero-order valence-electron chi connectivity index (χ0n) is 12.5. The van der Waals surface area contributed by atoms with Gasteiger partial charge in [-0.25, -0.2) is 4.39 Å². The molecule has 2 rings (SSSR count). The maximum absolute atomic E-state index is 13.4. The Balaban J connectivity index is 2.22. The monoisotopic (exact) mass is 271 g/mol. The molecule has 2 heteroatoms. The van der Waals surface area contributed by atoms with Gasteiger partial charge in [0.05, 0.1) is 0 Å². The lowest BCUT2D eigenvalue weighted by molar-refractivity contribution is 0.625. The van der Waals surface area contributed by atoms with Gasteiger partial charge in [-0.1, -0.05) is 31.2 Å². The van der Waals surface area contributed by atoms with Crippen molar-refractivity contribution in [3.8, 4) is 11.1 Å². The van der Waals surface area contributed by atoms with E-state index in [-0.39, 0.29) is 5.82 Å². The Bertz CT molecular complexity index is 549. The fourth-order valence-corrected chi connectivity index (χ4v) is 2.56. The van der Waals surface area contributed by atoms with Crippen molar-refractivity contribution in [2.45, 2.75) is 33.7 Å². The molecule has 1 N–H and O–H groups in total. The predicted molar refractivity (Wildman–Crippen MR) is 83.3 cm³/mol. The van der Waals surface area contributed by atoms with E-state index in [9.17, 15) is 4.39 Å². The molecule has 0 unspecified atom stereocenters. The van der Waals surface area contributed by atoms with Gasteiger partial charge in [0.25, 0.3) is 0 Å². The second kappa shape index (κ2) is 6.67. The van der Waals surface area contributed by atoms with Crippen LogP contribution in [0.1, 0.15) is 30.0 Å². The first kappa shape index (κ1) is 14.7. The highest BCUT2D eigenvalue weighted by molar-refractivity contribution is 5.70. The zero-order chi connectivity index (χ0) is 14.5. The van der Waals surface area contributed by atoms with E-state index in [1.807, 2.05) is 13.8 Å². The topological polar surface area (TPSA) is 12.0 Å². The van der Waals surface area contributed by atoms with Crippen molar-refractivity contribution in [2.75, 3.05) is 6.54 Å². The predicted octanol–water partition coefficient (Wildman–Crippen LogP) is 4.61. The minimum Gasteiger partial charge on any atom is -0.313 e. The van der Waals surface area contributed by atoms with Crippen molar-refractivity contribution in [3.05, 3.63) is 58.9 Å². The van der Waals surface area contributed by atoms with Gasteiger partial charge in [-0.05, 0) is 66.8 Å². The first-order valence-corrected chi connectivity index (χ1v) is 7.18. The number of hydrogen-bond donors (Lipinski definition) is 1. The van der Waals surface area contributed by atoms with Crippen LogP contribution in [0.3, 0.4) is 0 Å². The molecule has 1 nitrogen and oxygen atoms in total. The lowest BCUT2D eigenvalue weighted by atomic mass is 9.95. The molecule has 0 fully saturated rings. The second-order valence-electron chi connectivity index (χ2n) is 5.29. The van der Waals surface area contributed by atoms with Gasteiger partial charge in [0.1, 0.15) is 5.82 Å². The first-order valence-electron chi connectivity index (χ1n) is 7.18. The summed E-state index contributed by atoms with van der Waals surface area (Å²) in [4.78, 5) is 0. The number of aryl methyl sites for hydroxylation is 2. The molecule has 0 bridgehead atoms. The smallest absolute Gasteiger partial charge is 0.123 e. The molecule has 0 radical (unpaired) electrons. The highest BCUT2D eigenvalue weighted by Gasteiger charge is 2.07. The Morgan fingerprint density at radius 1 is 1.00 bits per heavy atom. The lowest BCUT2D eigenvalue weighted by Gasteiger charge is -2.11. The molecule has 2 aromatic carbocycles. The van der Waals surface area contributed by atoms with Crippen molar-refractivity contribution in [2.24, 2.45) is 0 Å². The van der Waals surface area contributed by atoms with E-state index in [1.54, 1.807) is 12.1 Å². The third-order valence-electron chi connectivity index (χ3n) is 3.50. The number of nitrogens with one attached hydrogen (secondary N) is 1. The molecule has 0 spiro atoms. The molecule has 2 aromatic rings. The Kier molecular flexibility index (Phi) is 4.91. The lowest BCUT2D eigenvalue weighted by Crippen LogP contribution is -2.13. The number of hydrogen-bond acceptors (Lipinski definition) is 1. The molecular formula is C18H22FN. The van der Waals surface area contributed by atoms with E-state index in [0.717, 1.165) is 41.8 Å². The number of rotatable bonds is 5. The van der Waals surface area contributed by atoms with Crippen LogP contribution in [0.5, 0.6) is 0 Å². The summed E-state index contributed by atoms with van der Waals surface area (Å²) >= 11 is 0. The van der Waals surface area contributed by atoms with E-state index in [0.29, 0.717) is 0 Å². The SMILES string of the molecule is CCCNCc1ccc(-c2c(C)cc(F)cc2C)cc1. The van der Waals surface area contributed by atoms with Gasteiger partial charge >= 0.3 is 0 Å². The van der Waals surface area contributed by atoms with Crippen molar-refractivity contribution in [1.82, 2.24) is 5.32 Å². The van der Waals surface area contributed by atoms with Crippen molar-refractivity contribution in [3.63, 3.8) is 0 Å². The molecule has 0 aliphatic heterocycles. The molecule has 0 atom stereocenters. The molecule has 0 aromatic heterocycles. The van der Waals surface area contributed by atoms with Gasteiger partial charge in [0.2, 0.25) is 0 Å². The van der Waals surface area contributed by atoms with E-state index >= 15 is 0 Å². The summed E-state index contributed by atoms with van der Waals surface area (Å²) in [6.45, 7) is 8.02. The summed E-state index contributed by atoms with van der Waals surface area (Å²) < 4.78 is 13.4. The molecule has 0 amide bonds. The highest BCUT2D eigenvalue weighted by Crippen LogP contribution is 2.28. The van der Waals surface area contributed by atoms with Crippen LogP contribution in [0.4, 0.5) is 4.39 Å². The molecule has 20 heavy (non-hydrogen) atoms. The maximum atomic E-state index is 13.4.